The minimum absolute atomic E-state index is 0.130. The molecule has 0 amide bonds. The van der Waals surface area contributed by atoms with Gasteiger partial charge in [-0.3, -0.25) is 0 Å². The molecule has 3 heteroatoms. The van der Waals surface area contributed by atoms with E-state index >= 15 is 0 Å². The van der Waals surface area contributed by atoms with E-state index in [9.17, 15) is 5.11 Å². The lowest BCUT2D eigenvalue weighted by Crippen LogP contribution is -2.50. The fourth-order valence-electron chi connectivity index (χ4n) is 3.26. The van der Waals surface area contributed by atoms with Crippen LogP contribution in [0, 0.1) is 5.92 Å². The molecule has 0 bridgehead atoms. The number of hydrogen-bond donors (Lipinski definition) is 2. The molecule has 1 aliphatic heterocycles. The summed E-state index contributed by atoms with van der Waals surface area (Å²) in [4.78, 5) is 0. The van der Waals surface area contributed by atoms with Crippen LogP contribution >= 0.6 is 0 Å². The highest BCUT2D eigenvalue weighted by molar-refractivity contribution is 4.96. The van der Waals surface area contributed by atoms with Crippen molar-refractivity contribution >= 4 is 0 Å². The minimum Gasteiger partial charge on any atom is -0.392 e. The van der Waals surface area contributed by atoms with E-state index in [0.29, 0.717) is 18.2 Å². The summed E-state index contributed by atoms with van der Waals surface area (Å²) in [5, 5.41) is 13.6. The summed E-state index contributed by atoms with van der Waals surface area (Å²) in [6.45, 7) is 0.904. The van der Waals surface area contributed by atoms with Gasteiger partial charge in [0.2, 0.25) is 0 Å². The van der Waals surface area contributed by atoms with Gasteiger partial charge >= 0.3 is 0 Å². The Morgan fingerprint density at radius 1 is 0.938 bits per heavy atom. The van der Waals surface area contributed by atoms with Crippen molar-refractivity contribution < 1.29 is 9.84 Å². The van der Waals surface area contributed by atoms with Crippen molar-refractivity contribution in [2.75, 3.05) is 6.61 Å². The first kappa shape index (κ1) is 11.0. The van der Waals surface area contributed by atoms with Gasteiger partial charge < -0.3 is 15.2 Å². The molecule has 3 aliphatic rings. The third-order valence-corrected chi connectivity index (χ3v) is 4.38. The van der Waals surface area contributed by atoms with Crippen molar-refractivity contribution in [2.45, 2.75) is 69.2 Å². The molecule has 2 saturated carbocycles. The number of aliphatic hydroxyl groups is 1. The molecule has 3 rings (SSSR count). The van der Waals surface area contributed by atoms with E-state index in [1.54, 1.807) is 0 Å². The summed E-state index contributed by atoms with van der Waals surface area (Å²) in [6, 6.07) is 0.826. The van der Waals surface area contributed by atoms with Gasteiger partial charge in [0.05, 0.1) is 12.2 Å². The highest BCUT2D eigenvalue weighted by atomic mass is 16.5. The van der Waals surface area contributed by atoms with E-state index in [-0.39, 0.29) is 6.10 Å². The Balaban J connectivity index is 1.55. The Kier molecular flexibility index (Phi) is 3.18. The van der Waals surface area contributed by atoms with Gasteiger partial charge in [-0.1, -0.05) is 12.8 Å². The van der Waals surface area contributed by atoms with Crippen LogP contribution in [0.5, 0.6) is 0 Å². The number of rotatable bonds is 3. The number of aliphatic hydroxyl groups excluding tert-OH is 1. The summed E-state index contributed by atoms with van der Waals surface area (Å²) in [5.41, 5.74) is 0. The normalized spacial score (nSPS) is 44.8. The van der Waals surface area contributed by atoms with Crippen LogP contribution in [0.3, 0.4) is 0 Å². The second-order valence-electron chi connectivity index (χ2n) is 5.69. The molecule has 0 aromatic carbocycles. The van der Waals surface area contributed by atoms with Crippen LogP contribution < -0.4 is 5.32 Å². The predicted octanol–water partition coefficient (Wildman–Crippen LogP) is 1.45. The highest BCUT2D eigenvalue weighted by Gasteiger charge is 2.41. The maximum absolute atomic E-state index is 9.97. The molecule has 92 valence electrons. The first-order valence-electron chi connectivity index (χ1n) is 6.90. The molecular weight excluding hydrogens is 202 g/mol. The zero-order chi connectivity index (χ0) is 11.0. The number of nitrogens with one attached hydrogen (secondary N) is 1. The molecule has 2 aliphatic carbocycles. The Bertz CT molecular complexity index is 242. The second-order valence-corrected chi connectivity index (χ2v) is 5.69. The van der Waals surface area contributed by atoms with Gasteiger partial charge in [0.25, 0.3) is 0 Å². The smallest absolute Gasteiger partial charge is 0.0757 e. The predicted molar refractivity (Wildman–Crippen MR) is 62.3 cm³/mol. The van der Waals surface area contributed by atoms with Crippen molar-refractivity contribution in [2.24, 2.45) is 5.92 Å². The number of hydrogen-bond acceptors (Lipinski definition) is 3. The summed E-state index contributed by atoms with van der Waals surface area (Å²) in [5.74, 6) is 0.806. The molecule has 0 aromatic heterocycles. The van der Waals surface area contributed by atoms with Crippen molar-refractivity contribution in [3.05, 3.63) is 0 Å². The molecule has 4 atom stereocenters. The SMILES string of the molecule is OC1CCCCC1NC1CCOC1C1CC1. The van der Waals surface area contributed by atoms with E-state index < -0.39 is 0 Å². The average Bonchev–Trinajstić information content (AvgIpc) is 3.03. The second kappa shape index (κ2) is 4.63. The van der Waals surface area contributed by atoms with Crippen LogP contribution in [0.4, 0.5) is 0 Å². The zero-order valence-electron chi connectivity index (χ0n) is 9.90. The molecule has 0 radical (unpaired) electrons. The molecule has 1 heterocycles. The van der Waals surface area contributed by atoms with Crippen LogP contribution in [-0.4, -0.2) is 36.0 Å². The molecule has 2 N–H and O–H groups in total. The molecule has 3 nitrogen and oxygen atoms in total. The van der Waals surface area contributed by atoms with Crippen LogP contribution in [0.1, 0.15) is 44.9 Å². The Morgan fingerprint density at radius 3 is 2.50 bits per heavy atom. The Morgan fingerprint density at radius 2 is 1.75 bits per heavy atom. The van der Waals surface area contributed by atoms with Crippen molar-refractivity contribution in [1.29, 1.82) is 0 Å². The monoisotopic (exact) mass is 225 g/mol. The highest BCUT2D eigenvalue weighted by Crippen LogP contribution is 2.39. The van der Waals surface area contributed by atoms with E-state index in [0.717, 1.165) is 31.8 Å². The summed E-state index contributed by atoms with van der Waals surface area (Å²) in [7, 11) is 0. The fraction of sp³-hybridized carbons (Fsp3) is 1.00. The molecule has 16 heavy (non-hydrogen) atoms. The fourth-order valence-corrected chi connectivity index (χ4v) is 3.26. The lowest BCUT2D eigenvalue weighted by molar-refractivity contribution is 0.0551. The van der Waals surface area contributed by atoms with Crippen LogP contribution in [-0.2, 0) is 4.74 Å². The van der Waals surface area contributed by atoms with Crippen LogP contribution in [0.2, 0.25) is 0 Å². The first-order chi connectivity index (χ1) is 7.84. The van der Waals surface area contributed by atoms with Gasteiger partial charge in [-0.15, -0.1) is 0 Å². The Labute approximate surface area is 97.6 Å². The number of ether oxygens (including phenoxy) is 1. The lowest BCUT2D eigenvalue weighted by atomic mass is 9.91. The largest absolute Gasteiger partial charge is 0.392 e. The van der Waals surface area contributed by atoms with Crippen molar-refractivity contribution in [1.82, 2.24) is 5.32 Å². The van der Waals surface area contributed by atoms with E-state index in [4.69, 9.17) is 4.74 Å². The molecule has 0 spiro atoms. The summed E-state index contributed by atoms with van der Waals surface area (Å²) >= 11 is 0. The molecule has 1 saturated heterocycles. The zero-order valence-corrected chi connectivity index (χ0v) is 9.90. The topological polar surface area (TPSA) is 41.5 Å². The van der Waals surface area contributed by atoms with Crippen LogP contribution in [0.25, 0.3) is 0 Å². The summed E-state index contributed by atoms with van der Waals surface area (Å²) in [6.07, 6.45) is 8.68. The first-order valence-corrected chi connectivity index (χ1v) is 6.90. The quantitative estimate of drug-likeness (QED) is 0.764. The van der Waals surface area contributed by atoms with Gasteiger partial charge in [0, 0.05) is 18.7 Å². The third kappa shape index (κ3) is 2.27. The maximum atomic E-state index is 9.97. The van der Waals surface area contributed by atoms with E-state index in [1.807, 2.05) is 0 Å². The van der Waals surface area contributed by atoms with Crippen molar-refractivity contribution in [3.8, 4) is 0 Å². The van der Waals surface area contributed by atoms with Gasteiger partial charge in [0.15, 0.2) is 0 Å². The van der Waals surface area contributed by atoms with Crippen molar-refractivity contribution in [3.63, 3.8) is 0 Å². The Hall–Kier alpha value is -0.120. The summed E-state index contributed by atoms with van der Waals surface area (Å²) < 4.78 is 5.82. The molecular formula is C13H23NO2. The van der Waals surface area contributed by atoms with E-state index in [1.165, 1.54) is 25.7 Å². The molecule has 3 fully saturated rings. The standard InChI is InChI=1S/C13H23NO2/c15-12-4-2-1-3-10(12)14-11-7-8-16-13(11)9-5-6-9/h9-15H,1-8H2. The van der Waals surface area contributed by atoms with Gasteiger partial charge in [0.1, 0.15) is 0 Å². The van der Waals surface area contributed by atoms with Gasteiger partial charge in [-0.25, -0.2) is 0 Å². The minimum atomic E-state index is -0.130. The lowest BCUT2D eigenvalue weighted by Gasteiger charge is -2.32. The molecule has 4 unspecified atom stereocenters. The molecule has 0 aromatic rings. The van der Waals surface area contributed by atoms with Crippen LogP contribution in [0.15, 0.2) is 0 Å². The maximum Gasteiger partial charge on any atom is 0.0757 e. The van der Waals surface area contributed by atoms with Gasteiger partial charge in [-0.05, 0) is 38.0 Å². The van der Waals surface area contributed by atoms with Gasteiger partial charge in [-0.2, -0.15) is 0 Å². The third-order valence-electron chi connectivity index (χ3n) is 4.38. The van der Waals surface area contributed by atoms with E-state index in [2.05, 4.69) is 5.32 Å². The average molecular weight is 225 g/mol.